The van der Waals surface area contributed by atoms with Crippen molar-refractivity contribution >= 4 is 23.6 Å². The van der Waals surface area contributed by atoms with E-state index < -0.39 is 5.91 Å². The quantitative estimate of drug-likeness (QED) is 0.218. The van der Waals surface area contributed by atoms with Gasteiger partial charge in [0.2, 0.25) is 0 Å². The minimum absolute atomic E-state index is 0.0141. The molecule has 2 rings (SSSR count). The van der Waals surface area contributed by atoms with E-state index in [0.29, 0.717) is 35.2 Å². The van der Waals surface area contributed by atoms with E-state index in [2.05, 4.69) is 12.2 Å². The molecule has 2 aromatic carbocycles. The number of carbonyl (C=O) groups excluding carboxylic acids is 1. The molecule has 1 N–H and O–H groups in total. The first-order chi connectivity index (χ1) is 15.6. The van der Waals surface area contributed by atoms with Gasteiger partial charge in [-0.25, -0.2) is 0 Å². The van der Waals surface area contributed by atoms with Crippen LogP contribution in [0.1, 0.15) is 56.6 Å². The summed E-state index contributed by atoms with van der Waals surface area (Å²) in [7, 11) is 1.54. The van der Waals surface area contributed by atoms with Crippen molar-refractivity contribution < 1.29 is 14.3 Å². The first-order valence-corrected chi connectivity index (χ1v) is 11.4. The van der Waals surface area contributed by atoms with E-state index in [1.54, 1.807) is 12.1 Å². The number of nitrogens with zero attached hydrogens (tertiary/aromatic N) is 1. The van der Waals surface area contributed by atoms with Gasteiger partial charge in [-0.2, -0.15) is 5.26 Å². The highest BCUT2D eigenvalue weighted by Gasteiger charge is 2.14. The number of rotatable bonds is 13. The fourth-order valence-corrected chi connectivity index (χ4v) is 3.48. The van der Waals surface area contributed by atoms with Gasteiger partial charge in [0.15, 0.2) is 11.5 Å². The molecular weight excluding hydrogens is 424 g/mol. The van der Waals surface area contributed by atoms with Gasteiger partial charge in [0.25, 0.3) is 5.91 Å². The molecule has 0 radical (unpaired) electrons. The number of benzene rings is 2. The van der Waals surface area contributed by atoms with Crippen LogP contribution in [-0.2, 0) is 11.3 Å². The zero-order valence-corrected chi connectivity index (χ0v) is 19.6. The van der Waals surface area contributed by atoms with Gasteiger partial charge in [-0.15, -0.1) is 0 Å². The summed E-state index contributed by atoms with van der Waals surface area (Å²) in [5.74, 6) is 0.499. The van der Waals surface area contributed by atoms with Gasteiger partial charge in [0.05, 0.1) is 18.7 Å². The highest BCUT2D eigenvalue weighted by Crippen LogP contribution is 2.37. The van der Waals surface area contributed by atoms with Gasteiger partial charge in [-0.3, -0.25) is 4.79 Å². The Bertz CT molecular complexity index is 936. The zero-order chi connectivity index (χ0) is 23.2. The van der Waals surface area contributed by atoms with Crippen LogP contribution in [0.25, 0.3) is 6.08 Å². The Kier molecular flexibility index (Phi) is 11.2. The Morgan fingerprint density at radius 2 is 1.84 bits per heavy atom. The van der Waals surface area contributed by atoms with E-state index in [-0.39, 0.29) is 5.57 Å². The van der Waals surface area contributed by atoms with Gasteiger partial charge < -0.3 is 14.8 Å². The molecule has 2 aromatic rings. The molecule has 0 fully saturated rings. The summed E-state index contributed by atoms with van der Waals surface area (Å²) in [5.41, 5.74) is 1.53. The first kappa shape index (κ1) is 25.3. The summed E-state index contributed by atoms with van der Waals surface area (Å²) in [6.45, 7) is 3.10. The Balaban J connectivity index is 2.02. The van der Waals surface area contributed by atoms with Crippen molar-refractivity contribution in [2.24, 2.45) is 0 Å². The minimum atomic E-state index is -0.449. The highest BCUT2D eigenvalue weighted by atomic mass is 35.5. The largest absolute Gasteiger partial charge is 0.493 e. The first-order valence-electron chi connectivity index (χ1n) is 11.0. The number of nitriles is 1. The van der Waals surface area contributed by atoms with Crippen LogP contribution in [0.2, 0.25) is 5.02 Å². The Morgan fingerprint density at radius 3 is 2.53 bits per heavy atom. The van der Waals surface area contributed by atoms with E-state index in [9.17, 15) is 10.1 Å². The molecule has 0 spiro atoms. The number of ether oxygens (including phenoxy) is 2. The number of halogens is 1. The topological polar surface area (TPSA) is 71.3 Å². The summed E-state index contributed by atoms with van der Waals surface area (Å²) in [4.78, 5) is 12.4. The zero-order valence-electron chi connectivity index (χ0n) is 18.8. The van der Waals surface area contributed by atoms with Crippen molar-refractivity contribution in [1.82, 2.24) is 5.32 Å². The maximum absolute atomic E-state index is 12.4. The van der Waals surface area contributed by atoms with Crippen molar-refractivity contribution in [2.45, 2.75) is 52.0 Å². The summed E-state index contributed by atoms with van der Waals surface area (Å²) < 4.78 is 11.3. The summed E-state index contributed by atoms with van der Waals surface area (Å²) in [6, 6.07) is 14.8. The third kappa shape index (κ3) is 8.28. The summed E-state index contributed by atoms with van der Waals surface area (Å²) in [6.07, 6.45) is 8.51. The highest BCUT2D eigenvalue weighted by molar-refractivity contribution is 6.32. The molecular formula is C26H31ClN2O3. The summed E-state index contributed by atoms with van der Waals surface area (Å²) in [5, 5.41) is 12.6. The van der Waals surface area contributed by atoms with Crippen LogP contribution in [0.15, 0.2) is 48.0 Å². The minimum Gasteiger partial charge on any atom is -0.493 e. The maximum atomic E-state index is 12.4. The van der Waals surface area contributed by atoms with Crippen LogP contribution in [0.5, 0.6) is 11.5 Å². The monoisotopic (exact) mass is 454 g/mol. The molecule has 0 heterocycles. The fraction of sp³-hybridized carbons (Fsp3) is 0.385. The molecule has 0 saturated carbocycles. The lowest BCUT2D eigenvalue weighted by molar-refractivity contribution is -0.117. The molecule has 0 bridgehead atoms. The third-order valence-corrected chi connectivity index (χ3v) is 5.25. The van der Waals surface area contributed by atoms with Crippen LogP contribution in [0.3, 0.4) is 0 Å². The van der Waals surface area contributed by atoms with Gasteiger partial charge in [0.1, 0.15) is 11.6 Å². The number of hydrogen-bond acceptors (Lipinski definition) is 4. The number of nitrogens with one attached hydrogen (secondary N) is 1. The molecule has 6 heteroatoms. The van der Waals surface area contributed by atoms with Crippen molar-refractivity contribution in [1.29, 1.82) is 5.26 Å². The van der Waals surface area contributed by atoms with Crippen LogP contribution < -0.4 is 14.8 Å². The van der Waals surface area contributed by atoms with E-state index in [1.807, 2.05) is 36.4 Å². The number of carbonyl (C=O) groups is 1. The van der Waals surface area contributed by atoms with Crippen molar-refractivity contribution in [3.63, 3.8) is 0 Å². The molecule has 0 aromatic heterocycles. The van der Waals surface area contributed by atoms with Crippen molar-refractivity contribution in [3.8, 4) is 17.6 Å². The lowest BCUT2D eigenvalue weighted by Gasteiger charge is -2.13. The second-order valence-corrected chi connectivity index (χ2v) is 7.90. The van der Waals surface area contributed by atoms with Crippen LogP contribution in [0.4, 0.5) is 0 Å². The van der Waals surface area contributed by atoms with Gasteiger partial charge >= 0.3 is 0 Å². The molecule has 0 saturated heterocycles. The fourth-order valence-electron chi connectivity index (χ4n) is 3.21. The number of unbranched alkanes of at least 4 members (excludes halogenated alkanes) is 5. The lowest BCUT2D eigenvalue weighted by atomic mass is 10.1. The van der Waals surface area contributed by atoms with Crippen molar-refractivity contribution in [2.75, 3.05) is 13.7 Å². The molecule has 1 amide bonds. The average molecular weight is 455 g/mol. The Morgan fingerprint density at radius 1 is 1.12 bits per heavy atom. The molecule has 170 valence electrons. The molecule has 0 aliphatic heterocycles. The van der Waals surface area contributed by atoms with E-state index in [0.717, 1.165) is 18.4 Å². The van der Waals surface area contributed by atoms with E-state index in [4.69, 9.17) is 21.1 Å². The second kappa shape index (κ2) is 14.2. The van der Waals surface area contributed by atoms with Gasteiger partial charge in [-0.05, 0) is 35.8 Å². The normalized spacial score (nSPS) is 11.0. The third-order valence-electron chi connectivity index (χ3n) is 4.97. The number of methoxy groups -OCH3 is 1. The lowest BCUT2D eigenvalue weighted by Crippen LogP contribution is -2.23. The smallest absolute Gasteiger partial charge is 0.262 e. The van der Waals surface area contributed by atoms with Crippen LogP contribution in [-0.4, -0.2) is 19.6 Å². The van der Waals surface area contributed by atoms with Crippen molar-refractivity contribution in [3.05, 3.63) is 64.2 Å². The predicted molar refractivity (Wildman–Crippen MR) is 129 cm³/mol. The number of amides is 1. The van der Waals surface area contributed by atoms with E-state index >= 15 is 0 Å². The SMILES string of the molecule is CCCCCCCCOc1c(Cl)cc(C=C(C#N)C(=O)NCc2ccccc2)cc1OC. The standard InChI is InChI=1S/C26H31ClN2O3/c1-3-4-5-6-7-11-14-32-25-23(27)16-21(17-24(25)31-2)15-22(18-28)26(30)29-19-20-12-9-8-10-13-20/h8-10,12-13,15-17H,3-7,11,14,19H2,1-2H3,(H,29,30). The second-order valence-electron chi connectivity index (χ2n) is 7.49. The Hall–Kier alpha value is -2.97. The predicted octanol–water partition coefficient (Wildman–Crippen LogP) is 6.31. The maximum Gasteiger partial charge on any atom is 0.262 e. The molecule has 5 nitrogen and oxygen atoms in total. The van der Waals surface area contributed by atoms with E-state index in [1.165, 1.54) is 38.9 Å². The summed E-state index contributed by atoms with van der Waals surface area (Å²) >= 11 is 6.42. The van der Waals surface area contributed by atoms with Crippen LogP contribution >= 0.6 is 11.6 Å². The molecule has 0 aliphatic rings. The van der Waals surface area contributed by atoms with Gasteiger partial charge in [-0.1, -0.05) is 81.0 Å². The molecule has 0 atom stereocenters. The van der Waals surface area contributed by atoms with Gasteiger partial charge in [0, 0.05) is 6.54 Å². The number of hydrogen-bond donors (Lipinski definition) is 1. The van der Waals surface area contributed by atoms with Crippen LogP contribution in [0, 0.1) is 11.3 Å². The average Bonchev–Trinajstić information content (AvgIpc) is 2.81. The molecule has 0 aliphatic carbocycles. The molecule has 0 unspecified atom stereocenters. The molecule has 32 heavy (non-hydrogen) atoms. The Labute approximate surface area is 196 Å².